The van der Waals surface area contributed by atoms with E-state index in [1.165, 1.54) is 6.07 Å². The predicted octanol–water partition coefficient (Wildman–Crippen LogP) is 2.33. The number of aromatic nitrogens is 1. The number of aliphatic carboxylic acids is 1. The summed E-state index contributed by atoms with van der Waals surface area (Å²) >= 11 is 5.92. The van der Waals surface area contributed by atoms with E-state index in [0.29, 0.717) is 30.2 Å². The molecule has 0 aliphatic carbocycles. The van der Waals surface area contributed by atoms with Crippen molar-refractivity contribution in [1.82, 2.24) is 9.88 Å². The number of carbonyl (C=O) groups is 2. The minimum atomic E-state index is -1.06. The minimum Gasteiger partial charge on any atom is -0.480 e. The zero-order chi connectivity index (χ0) is 16.0. The average molecular weight is 317 g/mol. The first kappa shape index (κ1) is 17.5. The van der Waals surface area contributed by atoms with Crippen LogP contribution in [0.1, 0.15) is 43.2 Å². The molecule has 7 heteroatoms. The predicted molar refractivity (Wildman–Crippen MR) is 79.8 cm³/mol. The molecule has 1 heterocycles. The number of halogens is 1. The zero-order valence-corrected chi connectivity index (χ0v) is 13.2. The summed E-state index contributed by atoms with van der Waals surface area (Å²) in [6, 6.07) is 0.641. The van der Waals surface area contributed by atoms with Crippen LogP contribution < -0.4 is 5.32 Å². The van der Waals surface area contributed by atoms with E-state index in [4.69, 9.17) is 21.4 Å². The number of amides is 1. The van der Waals surface area contributed by atoms with Gasteiger partial charge >= 0.3 is 5.97 Å². The first-order chi connectivity index (χ1) is 9.86. The standard InChI is InChI=1S/C14H21ClN2O4/c1-9(2)17-8-10(15)7-12(17)13(18)16-11(14(19)20)5-4-6-21-3/h7-9,11H,4-6H2,1-3H3,(H,16,18)(H,19,20). The van der Waals surface area contributed by atoms with Crippen LogP contribution in [0.4, 0.5) is 0 Å². The lowest BCUT2D eigenvalue weighted by molar-refractivity contribution is -0.139. The van der Waals surface area contributed by atoms with Crippen molar-refractivity contribution in [3.8, 4) is 0 Å². The molecule has 0 saturated heterocycles. The molecule has 1 atom stereocenters. The molecule has 21 heavy (non-hydrogen) atoms. The highest BCUT2D eigenvalue weighted by atomic mass is 35.5. The number of carboxylic acid groups (broad SMARTS) is 1. The molecule has 1 unspecified atom stereocenters. The Morgan fingerprint density at radius 2 is 2.14 bits per heavy atom. The summed E-state index contributed by atoms with van der Waals surface area (Å²) in [5.74, 6) is -1.51. The molecule has 0 spiro atoms. The van der Waals surface area contributed by atoms with Gasteiger partial charge in [-0.15, -0.1) is 0 Å². The van der Waals surface area contributed by atoms with Gasteiger partial charge in [-0.3, -0.25) is 4.79 Å². The van der Waals surface area contributed by atoms with Crippen molar-refractivity contribution in [2.24, 2.45) is 0 Å². The second-order valence-corrected chi connectivity index (χ2v) is 5.48. The first-order valence-electron chi connectivity index (χ1n) is 6.76. The number of rotatable bonds is 8. The summed E-state index contributed by atoms with van der Waals surface area (Å²) < 4.78 is 6.60. The minimum absolute atomic E-state index is 0.0509. The normalized spacial score (nSPS) is 12.4. The monoisotopic (exact) mass is 316 g/mol. The molecule has 0 saturated carbocycles. The second kappa shape index (κ2) is 8.05. The molecule has 1 amide bonds. The van der Waals surface area contributed by atoms with E-state index in [1.54, 1.807) is 17.9 Å². The Morgan fingerprint density at radius 3 is 2.67 bits per heavy atom. The van der Waals surface area contributed by atoms with Crippen molar-refractivity contribution in [2.45, 2.75) is 38.8 Å². The summed E-state index contributed by atoms with van der Waals surface area (Å²) in [7, 11) is 1.55. The highest BCUT2D eigenvalue weighted by Gasteiger charge is 2.23. The molecule has 1 rings (SSSR count). The fourth-order valence-electron chi connectivity index (χ4n) is 1.98. The molecular weight excluding hydrogens is 296 g/mol. The summed E-state index contributed by atoms with van der Waals surface area (Å²) in [6.07, 6.45) is 2.52. The molecule has 0 aliphatic heterocycles. The van der Waals surface area contributed by atoms with Crippen LogP contribution in [0, 0.1) is 0 Å². The van der Waals surface area contributed by atoms with Crippen LogP contribution in [0.5, 0.6) is 0 Å². The van der Waals surface area contributed by atoms with E-state index < -0.39 is 17.9 Å². The van der Waals surface area contributed by atoms with Gasteiger partial charge in [-0.05, 0) is 32.8 Å². The smallest absolute Gasteiger partial charge is 0.326 e. The fraction of sp³-hybridized carbons (Fsp3) is 0.571. The van der Waals surface area contributed by atoms with Gasteiger partial charge in [-0.1, -0.05) is 11.6 Å². The molecule has 118 valence electrons. The molecule has 0 fully saturated rings. The van der Waals surface area contributed by atoms with Gasteiger partial charge in [-0.25, -0.2) is 4.79 Å². The van der Waals surface area contributed by atoms with Gasteiger partial charge in [0.15, 0.2) is 0 Å². The van der Waals surface area contributed by atoms with Crippen LogP contribution >= 0.6 is 11.6 Å². The quantitative estimate of drug-likeness (QED) is 0.721. The molecule has 0 aliphatic rings. The molecule has 0 radical (unpaired) electrons. The van der Waals surface area contributed by atoms with Crippen molar-refractivity contribution in [3.63, 3.8) is 0 Å². The number of carboxylic acids is 1. The molecule has 6 nitrogen and oxygen atoms in total. The van der Waals surface area contributed by atoms with E-state index in [2.05, 4.69) is 5.32 Å². The maximum Gasteiger partial charge on any atom is 0.326 e. The SMILES string of the molecule is COCCCC(NC(=O)c1cc(Cl)cn1C(C)C)C(=O)O. The largest absolute Gasteiger partial charge is 0.480 e. The number of hydrogen-bond acceptors (Lipinski definition) is 3. The van der Waals surface area contributed by atoms with Crippen molar-refractivity contribution >= 4 is 23.5 Å². The molecule has 0 aromatic carbocycles. The number of nitrogens with zero attached hydrogens (tertiary/aromatic N) is 1. The van der Waals surface area contributed by atoms with Crippen LogP contribution in [0.2, 0.25) is 5.02 Å². The molecule has 0 bridgehead atoms. The lowest BCUT2D eigenvalue weighted by Crippen LogP contribution is -2.41. The van der Waals surface area contributed by atoms with Gasteiger partial charge in [-0.2, -0.15) is 0 Å². The number of hydrogen-bond donors (Lipinski definition) is 2. The van der Waals surface area contributed by atoms with Crippen LogP contribution in [0.15, 0.2) is 12.3 Å². The topological polar surface area (TPSA) is 80.6 Å². The highest BCUT2D eigenvalue weighted by molar-refractivity contribution is 6.31. The maximum atomic E-state index is 12.2. The van der Waals surface area contributed by atoms with E-state index in [-0.39, 0.29) is 6.04 Å². The fourth-order valence-corrected chi connectivity index (χ4v) is 2.18. The molecule has 1 aromatic rings. The average Bonchev–Trinajstić information content (AvgIpc) is 2.80. The third-order valence-corrected chi connectivity index (χ3v) is 3.26. The molecule has 1 aromatic heterocycles. The van der Waals surface area contributed by atoms with E-state index in [0.717, 1.165) is 0 Å². The van der Waals surface area contributed by atoms with Gasteiger partial charge < -0.3 is 19.7 Å². The van der Waals surface area contributed by atoms with Crippen LogP contribution in [-0.4, -0.2) is 41.3 Å². The van der Waals surface area contributed by atoms with Gasteiger partial charge in [0.2, 0.25) is 0 Å². The number of nitrogens with one attached hydrogen (secondary N) is 1. The third-order valence-electron chi connectivity index (χ3n) is 3.05. The maximum absolute atomic E-state index is 12.2. The molecule has 2 N–H and O–H groups in total. The third kappa shape index (κ3) is 5.06. The lowest BCUT2D eigenvalue weighted by Gasteiger charge is -2.16. The summed E-state index contributed by atoms with van der Waals surface area (Å²) in [5.41, 5.74) is 0.355. The van der Waals surface area contributed by atoms with Crippen LogP contribution in [-0.2, 0) is 9.53 Å². The Labute approximate surface area is 129 Å². The Bertz CT molecular complexity index is 499. The van der Waals surface area contributed by atoms with Crippen molar-refractivity contribution in [1.29, 1.82) is 0 Å². The lowest BCUT2D eigenvalue weighted by atomic mass is 10.1. The van der Waals surface area contributed by atoms with Crippen molar-refractivity contribution in [3.05, 3.63) is 23.0 Å². The summed E-state index contributed by atoms with van der Waals surface area (Å²) in [6.45, 7) is 4.29. The van der Waals surface area contributed by atoms with Crippen LogP contribution in [0.3, 0.4) is 0 Å². The first-order valence-corrected chi connectivity index (χ1v) is 7.14. The second-order valence-electron chi connectivity index (χ2n) is 5.04. The van der Waals surface area contributed by atoms with E-state index >= 15 is 0 Å². The summed E-state index contributed by atoms with van der Waals surface area (Å²) in [4.78, 5) is 23.4. The van der Waals surface area contributed by atoms with Gasteiger partial charge in [0.05, 0.1) is 5.02 Å². The number of ether oxygens (including phenoxy) is 1. The van der Waals surface area contributed by atoms with Gasteiger partial charge in [0, 0.05) is 26.0 Å². The Morgan fingerprint density at radius 1 is 1.48 bits per heavy atom. The Hall–Kier alpha value is -1.53. The highest BCUT2D eigenvalue weighted by Crippen LogP contribution is 2.19. The number of carbonyl (C=O) groups excluding carboxylic acids is 1. The van der Waals surface area contributed by atoms with Crippen LogP contribution in [0.25, 0.3) is 0 Å². The Kier molecular flexibility index (Phi) is 6.71. The van der Waals surface area contributed by atoms with E-state index in [9.17, 15) is 9.59 Å². The zero-order valence-electron chi connectivity index (χ0n) is 12.4. The van der Waals surface area contributed by atoms with E-state index in [1.807, 2.05) is 13.8 Å². The van der Waals surface area contributed by atoms with Crippen molar-refractivity contribution < 1.29 is 19.4 Å². The van der Waals surface area contributed by atoms with Crippen molar-refractivity contribution in [2.75, 3.05) is 13.7 Å². The number of methoxy groups -OCH3 is 1. The van der Waals surface area contributed by atoms with Gasteiger partial charge in [0.25, 0.3) is 5.91 Å². The Balaban J connectivity index is 2.80. The van der Waals surface area contributed by atoms with Gasteiger partial charge in [0.1, 0.15) is 11.7 Å². The molecular formula is C14H21ClN2O4. The summed E-state index contributed by atoms with van der Waals surface area (Å²) in [5, 5.41) is 12.1.